The Balaban J connectivity index is 0.000000420. The summed E-state index contributed by atoms with van der Waals surface area (Å²) in [4.78, 5) is 33.6. The third-order valence-corrected chi connectivity index (χ3v) is 15.7. The van der Waals surface area contributed by atoms with Gasteiger partial charge >= 0.3 is 5.97 Å². The van der Waals surface area contributed by atoms with Gasteiger partial charge in [0.05, 0.1) is 61.3 Å². The number of methoxy groups -OCH3 is 2. The first kappa shape index (κ1) is 64.9. The van der Waals surface area contributed by atoms with Crippen molar-refractivity contribution < 1.29 is 50.5 Å². The van der Waals surface area contributed by atoms with Crippen molar-refractivity contribution in [1.29, 1.82) is 0 Å². The number of carbonyl (C=O) groups is 2. The van der Waals surface area contributed by atoms with E-state index in [4.69, 9.17) is 24.1 Å². The van der Waals surface area contributed by atoms with Crippen LogP contribution in [0.4, 0.5) is 0 Å². The van der Waals surface area contributed by atoms with Crippen LogP contribution in [-0.2, 0) is 66.3 Å². The number of carboxylic acids is 1. The van der Waals surface area contributed by atoms with Gasteiger partial charge in [0.25, 0.3) is 0 Å². The number of aromatic nitrogens is 4. The van der Waals surface area contributed by atoms with Crippen LogP contribution in [0.2, 0.25) is 0 Å². The van der Waals surface area contributed by atoms with Crippen molar-refractivity contribution in [3.63, 3.8) is 0 Å². The molecule has 0 atom stereocenters. The zero-order valence-electron chi connectivity index (χ0n) is 44.3. The largest absolute Gasteiger partial charge is 0.497 e. The Labute approximate surface area is 449 Å². The van der Waals surface area contributed by atoms with Crippen LogP contribution in [0.25, 0.3) is 22.5 Å². The molecule has 412 valence electrons. The summed E-state index contributed by atoms with van der Waals surface area (Å²) in [6.07, 6.45) is 7.54. The number of benzene rings is 4. The standard InChI is InChI=1S/C26H34N4O5S.C14H21NO6S.C12H15N3.CH4.ClH/c1-19-13-23(34-6)14-20(2)26(19)36(32,33)30(5)11-12-35-17-25(31)29(4)15-21-7-9-22(10-8-21)24-16-28(3)18-27-24;1-10-7-12(20-4)8-11(2)14(10)22(18,19)15(3)5-6-21-9-13(16)17;1-13-7-10-3-5-11(6-4-10)12-8-15(2)9-14-12;;/h7-10,13-14,16,18H,11-12,15,17H2,1-6H3;7-8H,5-6,9H2,1-4H3,(H,16,17);3-6,8-9,13H,7H2,1-2H3;1H4;1H. The lowest BCUT2D eigenvalue weighted by Crippen LogP contribution is -2.33. The molecule has 2 aromatic heterocycles. The van der Waals surface area contributed by atoms with E-state index in [0.29, 0.717) is 40.3 Å². The Kier molecular flexibility index (Phi) is 26.3. The molecule has 22 heteroatoms. The lowest BCUT2D eigenvalue weighted by atomic mass is 10.1. The van der Waals surface area contributed by atoms with Gasteiger partial charge in [-0.15, -0.1) is 12.4 Å². The Morgan fingerprint density at radius 3 is 1.35 bits per heavy atom. The number of ether oxygens (including phenoxy) is 4. The highest BCUT2D eigenvalue weighted by atomic mass is 35.5. The third kappa shape index (κ3) is 18.9. The van der Waals surface area contributed by atoms with Gasteiger partial charge < -0.3 is 43.4 Å². The molecule has 0 aliphatic carbocycles. The number of carbonyl (C=O) groups excluding carboxylic acids is 1. The molecule has 0 radical (unpaired) electrons. The molecule has 0 saturated heterocycles. The van der Waals surface area contributed by atoms with Crippen LogP contribution in [0, 0.1) is 27.7 Å². The molecule has 0 unspecified atom stereocenters. The number of likely N-dealkylation sites (N-methyl/N-ethyl adjacent to an activating group) is 3. The molecule has 0 aliphatic heterocycles. The summed E-state index contributed by atoms with van der Waals surface area (Å²) in [6.45, 7) is 7.97. The number of hydrogen-bond donors (Lipinski definition) is 2. The quantitative estimate of drug-likeness (QED) is 0.0661. The molecule has 6 aromatic rings. The summed E-state index contributed by atoms with van der Waals surface area (Å²) >= 11 is 0. The molecular weight excluding hydrogens is 1020 g/mol. The second kappa shape index (κ2) is 30.4. The van der Waals surface area contributed by atoms with Gasteiger partial charge in [-0.1, -0.05) is 56.0 Å². The lowest BCUT2D eigenvalue weighted by molar-refractivity contribution is -0.142. The smallest absolute Gasteiger partial charge is 0.329 e. The molecule has 1 amide bonds. The van der Waals surface area contributed by atoms with Gasteiger partial charge in [0.1, 0.15) is 24.7 Å². The van der Waals surface area contributed by atoms with E-state index < -0.39 is 32.6 Å². The Morgan fingerprint density at radius 2 is 1.01 bits per heavy atom. The van der Waals surface area contributed by atoms with Crippen LogP contribution < -0.4 is 14.8 Å². The number of nitrogens with zero attached hydrogens (tertiary/aromatic N) is 7. The summed E-state index contributed by atoms with van der Waals surface area (Å²) in [5.74, 6) is -0.0633. The number of aliphatic carboxylic acids is 1. The molecule has 75 heavy (non-hydrogen) atoms. The minimum Gasteiger partial charge on any atom is -0.497 e. The first-order valence-corrected chi connectivity index (χ1v) is 26.0. The van der Waals surface area contributed by atoms with E-state index in [9.17, 15) is 26.4 Å². The molecule has 6 rings (SSSR count). The maximum absolute atomic E-state index is 13.1. The zero-order valence-corrected chi connectivity index (χ0v) is 46.7. The predicted octanol–water partition coefficient (Wildman–Crippen LogP) is 6.91. The van der Waals surface area contributed by atoms with Crippen LogP contribution in [0.3, 0.4) is 0 Å². The third-order valence-electron chi connectivity index (χ3n) is 11.4. The summed E-state index contributed by atoms with van der Waals surface area (Å²) in [5, 5.41) is 11.6. The van der Waals surface area contributed by atoms with Crippen molar-refractivity contribution >= 4 is 44.3 Å². The minimum absolute atomic E-state index is 0. The second-order valence-electron chi connectivity index (χ2n) is 17.4. The maximum Gasteiger partial charge on any atom is 0.329 e. The average molecular weight is 1100 g/mol. The lowest BCUT2D eigenvalue weighted by Gasteiger charge is -2.21. The van der Waals surface area contributed by atoms with Crippen molar-refractivity contribution in [2.75, 3.05) is 81.9 Å². The van der Waals surface area contributed by atoms with E-state index in [0.717, 1.165) is 38.9 Å². The summed E-state index contributed by atoms with van der Waals surface area (Å²) in [7, 11) is 6.19. The summed E-state index contributed by atoms with van der Waals surface area (Å²) < 4.78 is 78.3. The van der Waals surface area contributed by atoms with Crippen molar-refractivity contribution in [1.82, 2.24) is 37.9 Å². The predicted molar refractivity (Wildman–Crippen MR) is 294 cm³/mol. The second-order valence-corrected chi connectivity index (χ2v) is 21.3. The van der Waals surface area contributed by atoms with E-state index in [2.05, 4.69) is 39.6 Å². The van der Waals surface area contributed by atoms with E-state index in [1.165, 1.54) is 31.1 Å². The highest BCUT2D eigenvalue weighted by molar-refractivity contribution is 7.89. The van der Waals surface area contributed by atoms with E-state index in [-0.39, 0.29) is 68.4 Å². The van der Waals surface area contributed by atoms with Gasteiger partial charge in [-0.25, -0.2) is 31.6 Å². The van der Waals surface area contributed by atoms with E-state index >= 15 is 0 Å². The zero-order chi connectivity index (χ0) is 54.0. The summed E-state index contributed by atoms with van der Waals surface area (Å²) in [6, 6.07) is 23.1. The number of rotatable bonds is 22. The molecule has 19 nitrogen and oxygen atoms in total. The molecule has 4 aromatic carbocycles. The highest BCUT2D eigenvalue weighted by Gasteiger charge is 2.27. The minimum atomic E-state index is -3.71. The number of aryl methyl sites for hydroxylation is 6. The molecular formula is C53H75ClN8O11S2. The Hall–Kier alpha value is -6.17. The van der Waals surface area contributed by atoms with Gasteiger partial charge in [-0.2, -0.15) is 8.61 Å². The number of sulfonamides is 2. The molecule has 2 heterocycles. The molecule has 2 N–H and O–H groups in total. The van der Waals surface area contributed by atoms with Gasteiger partial charge in [0, 0.05) is 84.9 Å². The molecule has 0 bridgehead atoms. The Morgan fingerprint density at radius 1 is 0.640 bits per heavy atom. The van der Waals surface area contributed by atoms with Gasteiger partial charge in [-0.3, -0.25) is 4.79 Å². The fraction of sp³-hybridized carbons (Fsp3) is 0.396. The number of imidazole rings is 2. The van der Waals surface area contributed by atoms with Crippen molar-refractivity contribution in [3.8, 4) is 34.0 Å². The van der Waals surface area contributed by atoms with Crippen LogP contribution in [0.15, 0.2) is 108 Å². The summed E-state index contributed by atoms with van der Waals surface area (Å²) in [5.41, 5.74) is 8.78. The maximum atomic E-state index is 13.1. The van der Waals surface area contributed by atoms with Crippen LogP contribution in [0.1, 0.15) is 40.8 Å². The van der Waals surface area contributed by atoms with Crippen LogP contribution in [0.5, 0.6) is 11.5 Å². The molecule has 0 saturated carbocycles. The van der Waals surface area contributed by atoms with E-state index in [1.807, 2.05) is 73.3 Å². The number of nitrogens with one attached hydrogen (secondary N) is 1. The number of hydrogen-bond acceptors (Lipinski definition) is 13. The van der Waals surface area contributed by atoms with Crippen molar-refractivity contribution in [3.05, 3.63) is 131 Å². The van der Waals surface area contributed by atoms with Gasteiger partial charge in [0.2, 0.25) is 26.0 Å². The SMILES string of the molecule is C.CNCc1ccc(-c2cn(C)cn2)cc1.COc1cc(C)c(S(=O)(=O)N(C)CCOCC(=O)N(C)Cc2ccc(-c3cn(C)cn3)cc2)c(C)c1.COc1cc(C)c(S(=O)(=O)N(C)CCOCC(=O)O)c(C)c1.Cl. The van der Waals surface area contributed by atoms with Gasteiger partial charge in [-0.05, 0) is 92.4 Å². The molecule has 0 fully saturated rings. The Bertz CT molecular complexity index is 2940. The first-order valence-electron chi connectivity index (χ1n) is 23.2. The van der Waals surface area contributed by atoms with Crippen molar-refractivity contribution in [2.45, 2.75) is 58.0 Å². The van der Waals surface area contributed by atoms with Crippen LogP contribution >= 0.6 is 12.4 Å². The fourth-order valence-corrected chi connectivity index (χ4v) is 10.6. The highest BCUT2D eigenvalue weighted by Crippen LogP contribution is 2.29. The van der Waals surface area contributed by atoms with Crippen LogP contribution in [-0.4, -0.2) is 148 Å². The first-order chi connectivity index (χ1) is 34.5. The molecule has 0 aliphatic rings. The number of carboxylic acid groups (broad SMARTS) is 1. The number of halogens is 1. The normalized spacial score (nSPS) is 11.1. The molecule has 0 spiro atoms. The fourth-order valence-electron chi connectivity index (χ4n) is 7.50. The average Bonchev–Trinajstić information content (AvgIpc) is 3.99. The number of amides is 1. The monoisotopic (exact) mass is 1100 g/mol. The van der Waals surface area contributed by atoms with Crippen molar-refractivity contribution in [2.24, 2.45) is 14.1 Å². The topological polar surface area (TPSA) is 217 Å². The van der Waals surface area contributed by atoms with E-state index in [1.54, 1.807) is 77.3 Å². The van der Waals surface area contributed by atoms with Gasteiger partial charge in [0.15, 0.2) is 0 Å².